The standard InChI is InChI=1S/C8H10O2/c1-2-3-4-8-7(9)5-6-10-8/h2,5-6,9H,1,3-4H2. The first-order chi connectivity index (χ1) is 4.84. The van der Waals surface area contributed by atoms with Crippen LogP contribution in [0.1, 0.15) is 12.2 Å². The van der Waals surface area contributed by atoms with Gasteiger partial charge in [-0.25, -0.2) is 0 Å². The second-order valence-corrected chi connectivity index (χ2v) is 2.06. The zero-order valence-corrected chi connectivity index (χ0v) is 5.71. The Morgan fingerprint density at radius 2 is 2.50 bits per heavy atom. The summed E-state index contributed by atoms with van der Waals surface area (Å²) >= 11 is 0. The summed E-state index contributed by atoms with van der Waals surface area (Å²) in [6.07, 6.45) is 4.83. The fourth-order valence-electron chi connectivity index (χ4n) is 0.754. The first-order valence-corrected chi connectivity index (χ1v) is 3.21. The second kappa shape index (κ2) is 3.11. The first-order valence-electron chi connectivity index (χ1n) is 3.21. The van der Waals surface area contributed by atoms with Crippen molar-refractivity contribution >= 4 is 0 Å². The normalized spacial score (nSPS) is 9.60. The van der Waals surface area contributed by atoms with E-state index < -0.39 is 0 Å². The van der Waals surface area contributed by atoms with Gasteiger partial charge in [0.2, 0.25) is 0 Å². The van der Waals surface area contributed by atoms with Crippen LogP contribution in [-0.2, 0) is 6.42 Å². The third-order valence-electron chi connectivity index (χ3n) is 1.30. The van der Waals surface area contributed by atoms with E-state index in [1.54, 1.807) is 12.1 Å². The third-order valence-corrected chi connectivity index (χ3v) is 1.30. The van der Waals surface area contributed by atoms with Gasteiger partial charge in [-0.1, -0.05) is 6.08 Å². The number of allylic oxidation sites excluding steroid dienone is 1. The largest absolute Gasteiger partial charge is 0.504 e. The molecule has 0 fully saturated rings. The van der Waals surface area contributed by atoms with Gasteiger partial charge in [-0.3, -0.25) is 0 Å². The van der Waals surface area contributed by atoms with Crippen LogP contribution < -0.4 is 0 Å². The zero-order chi connectivity index (χ0) is 7.40. The number of aromatic hydroxyl groups is 1. The lowest BCUT2D eigenvalue weighted by Crippen LogP contribution is -1.77. The fraction of sp³-hybridized carbons (Fsp3) is 0.250. The van der Waals surface area contributed by atoms with Crippen molar-refractivity contribution in [3.8, 4) is 5.75 Å². The van der Waals surface area contributed by atoms with E-state index in [-0.39, 0.29) is 5.75 Å². The average molecular weight is 138 g/mol. The van der Waals surface area contributed by atoms with Gasteiger partial charge in [-0.2, -0.15) is 0 Å². The Balaban J connectivity index is 2.56. The molecule has 2 heteroatoms. The van der Waals surface area contributed by atoms with E-state index in [9.17, 15) is 0 Å². The Labute approximate surface area is 59.8 Å². The lowest BCUT2D eigenvalue weighted by atomic mass is 10.2. The summed E-state index contributed by atoms with van der Waals surface area (Å²) in [5, 5.41) is 9.05. The first kappa shape index (κ1) is 6.93. The summed E-state index contributed by atoms with van der Waals surface area (Å²) in [6, 6.07) is 1.54. The zero-order valence-electron chi connectivity index (χ0n) is 5.71. The van der Waals surface area contributed by atoms with E-state index >= 15 is 0 Å². The molecule has 0 aromatic carbocycles. The van der Waals surface area contributed by atoms with Crippen molar-refractivity contribution in [1.82, 2.24) is 0 Å². The maximum absolute atomic E-state index is 9.05. The molecule has 0 saturated heterocycles. The smallest absolute Gasteiger partial charge is 0.156 e. The highest BCUT2D eigenvalue weighted by atomic mass is 16.4. The van der Waals surface area contributed by atoms with Crippen LogP contribution in [0, 0.1) is 0 Å². The molecule has 1 N–H and O–H groups in total. The summed E-state index contributed by atoms with van der Waals surface area (Å²) in [7, 11) is 0. The SMILES string of the molecule is C=CCCc1occc1O. The molecule has 1 aromatic heterocycles. The molecule has 54 valence electrons. The highest BCUT2D eigenvalue weighted by molar-refractivity contribution is 5.22. The van der Waals surface area contributed by atoms with Crippen LogP contribution in [0.5, 0.6) is 5.75 Å². The van der Waals surface area contributed by atoms with Crippen molar-refractivity contribution in [3.05, 3.63) is 30.7 Å². The van der Waals surface area contributed by atoms with Gasteiger partial charge in [0.05, 0.1) is 6.26 Å². The molecule has 1 rings (SSSR count). The van der Waals surface area contributed by atoms with Crippen molar-refractivity contribution in [2.45, 2.75) is 12.8 Å². The van der Waals surface area contributed by atoms with Crippen LogP contribution in [0.4, 0.5) is 0 Å². The van der Waals surface area contributed by atoms with E-state index in [1.807, 2.05) is 0 Å². The minimum absolute atomic E-state index is 0.238. The number of aryl methyl sites for hydroxylation is 1. The average Bonchev–Trinajstić information content (AvgIpc) is 2.31. The molecule has 0 atom stereocenters. The summed E-state index contributed by atoms with van der Waals surface area (Å²) in [4.78, 5) is 0. The molecule has 0 amide bonds. The molecule has 0 bridgehead atoms. The Morgan fingerprint density at radius 1 is 1.70 bits per heavy atom. The van der Waals surface area contributed by atoms with Gasteiger partial charge in [-0.15, -0.1) is 6.58 Å². The van der Waals surface area contributed by atoms with Gasteiger partial charge in [0.1, 0.15) is 5.76 Å². The van der Waals surface area contributed by atoms with Gasteiger partial charge in [0.15, 0.2) is 5.75 Å². The molecule has 1 heterocycles. The number of hydrogen-bond donors (Lipinski definition) is 1. The van der Waals surface area contributed by atoms with Gasteiger partial charge in [0.25, 0.3) is 0 Å². The molecule has 0 aliphatic heterocycles. The summed E-state index contributed by atoms with van der Waals surface area (Å²) in [6.45, 7) is 3.57. The molecular formula is C8H10O2. The van der Waals surface area contributed by atoms with Crippen LogP contribution in [0.15, 0.2) is 29.4 Å². The van der Waals surface area contributed by atoms with Crippen LogP contribution in [0.3, 0.4) is 0 Å². The van der Waals surface area contributed by atoms with Gasteiger partial charge in [-0.05, 0) is 6.42 Å². The summed E-state index contributed by atoms with van der Waals surface area (Å²) in [5.41, 5.74) is 0. The topological polar surface area (TPSA) is 33.4 Å². The van der Waals surface area contributed by atoms with Crippen LogP contribution in [0.2, 0.25) is 0 Å². The maximum atomic E-state index is 9.05. The maximum Gasteiger partial charge on any atom is 0.156 e. The van der Waals surface area contributed by atoms with Crippen molar-refractivity contribution in [1.29, 1.82) is 0 Å². The quantitative estimate of drug-likeness (QED) is 0.649. The molecule has 0 aliphatic carbocycles. The lowest BCUT2D eigenvalue weighted by Gasteiger charge is -1.91. The monoisotopic (exact) mass is 138 g/mol. The van der Waals surface area contributed by atoms with E-state index in [0.29, 0.717) is 5.76 Å². The van der Waals surface area contributed by atoms with Crippen LogP contribution >= 0.6 is 0 Å². The van der Waals surface area contributed by atoms with Gasteiger partial charge < -0.3 is 9.52 Å². The van der Waals surface area contributed by atoms with Gasteiger partial charge in [0, 0.05) is 12.5 Å². The van der Waals surface area contributed by atoms with Crippen molar-refractivity contribution in [2.75, 3.05) is 0 Å². The lowest BCUT2D eigenvalue weighted by molar-refractivity contribution is 0.431. The van der Waals surface area contributed by atoms with E-state index in [2.05, 4.69) is 6.58 Å². The highest BCUT2D eigenvalue weighted by Crippen LogP contribution is 2.18. The van der Waals surface area contributed by atoms with Crippen molar-refractivity contribution in [2.24, 2.45) is 0 Å². The summed E-state index contributed by atoms with van der Waals surface area (Å²) < 4.78 is 4.97. The molecule has 0 saturated carbocycles. The van der Waals surface area contributed by atoms with Gasteiger partial charge >= 0.3 is 0 Å². The second-order valence-electron chi connectivity index (χ2n) is 2.06. The molecule has 0 aliphatic rings. The van der Waals surface area contributed by atoms with Crippen LogP contribution in [-0.4, -0.2) is 5.11 Å². The highest BCUT2D eigenvalue weighted by Gasteiger charge is 2.01. The molecule has 0 unspecified atom stereocenters. The Morgan fingerprint density at radius 3 is 3.00 bits per heavy atom. The Hall–Kier alpha value is -1.18. The molecule has 1 aromatic rings. The summed E-state index contributed by atoms with van der Waals surface area (Å²) in [5.74, 6) is 0.877. The fourth-order valence-corrected chi connectivity index (χ4v) is 0.754. The Kier molecular flexibility index (Phi) is 2.15. The predicted octanol–water partition coefficient (Wildman–Crippen LogP) is 2.10. The molecular weight excluding hydrogens is 128 g/mol. The third kappa shape index (κ3) is 1.41. The molecule has 10 heavy (non-hydrogen) atoms. The number of hydrogen-bond acceptors (Lipinski definition) is 2. The van der Waals surface area contributed by atoms with Crippen molar-refractivity contribution < 1.29 is 9.52 Å². The van der Waals surface area contributed by atoms with E-state index in [0.717, 1.165) is 12.8 Å². The minimum atomic E-state index is 0.238. The predicted molar refractivity (Wildman–Crippen MR) is 38.9 cm³/mol. The minimum Gasteiger partial charge on any atom is -0.504 e. The van der Waals surface area contributed by atoms with Crippen LogP contribution in [0.25, 0.3) is 0 Å². The number of rotatable bonds is 3. The van der Waals surface area contributed by atoms with E-state index in [1.165, 1.54) is 6.26 Å². The number of furan rings is 1. The molecule has 0 radical (unpaired) electrons. The van der Waals surface area contributed by atoms with E-state index in [4.69, 9.17) is 9.52 Å². The molecule has 0 spiro atoms. The molecule has 2 nitrogen and oxygen atoms in total. The van der Waals surface area contributed by atoms with Crippen molar-refractivity contribution in [3.63, 3.8) is 0 Å². The Bertz CT molecular complexity index is 213.